The van der Waals surface area contributed by atoms with E-state index < -0.39 is 5.97 Å². The molecule has 0 fully saturated rings. The number of nitrogens with zero attached hydrogens (tertiary/aromatic N) is 1. The molecule has 1 aliphatic rings. The van der Waals surface area contributed by atoms with Crippen LogP contribution in [0.5, 0.6) is 5.75 Å². The zero-order valence-corrected chi connectivity index (χ0v) is 22.6. The number of carbonyl (C=O) groups excluding carboxylic acids is 3. The van der Waals surface area contributed by atoms with Crippen molar-refractivity contribution >= 4 is 29.5 Å². The van der Waals surface area contributed by atoms with Crippen molar-refractivity contribution in [1.82, 2.24) is 5.32 Å². The summed E-state index contributed by atoms with van der Waals surface area (Å²) < 4.78 is 10.9. The van der Waals surface area contributed by atoms with Crippen LogP contribution in [0.3, 0.4) is 0 Å². The number of esters is 1. The van der Waals surface area contributed by atoms with Crippen LogP contribution in [-0.2, 0) is 25.7 Å². The Morgan fingerprint density at radius 3 is 2.31 bits per heavy atom. The number of allylic oxidation sites excluding steroid dienone is 1. The summed E-state index contributed by atoms with van der Waals surface area (Å²) >= 11 is 0. The predicted octanol–water partition coefficient (Wildman–Crippen LogP) is 5.27. The van der Waals surface area contributed by atoms with E-state index in [-0.39, 0.29) is 36.2 Å². The van der Waals surface area contributed by atoms with Crippen LogP contribution in [0.2, 0.25) is 0 Å². The lowest BCUT2D eigenvalue weighted by Crippen LogP contribution is -2.28. The van der Waals surface area contributed by atoms with Gasteiger partial charge in [0.25, 0.3) is 11.8 Å². The Bertz CT molecular complexity index is 1440. The fourth-order valence-electron chi connectivity index (χ4n) is 4.28. The third-order valence-corrected chi connectivity index (χ3v) is 6.52. The highest BCUT2D eigenvalue weighted by Gasteiger charge is 2.38. The van der Waals surface area contributed by atoms with Crippen molar-refractivity contribution in [1.29, 1.82) is 0 Å². The topological polar surface area (TPSA) is 84.9 Å². The van der Waals surface area contributed by atoms with Crippen LogP contribution in [0.25, 0.3) is 6.08 Å². The molecule has 0 unspecified atom stereocenters. The summed E-state index contributed by atoms with van der Waals surface area (Å²) in [6.45, 7) is 7.98. The Morgan fingerprint density at radius 1 is 0.923 bits per heavy atom. The highest BCUT2D eigenvalue weighted by molar-refractivity contribution is 6.23. The van der Waals surface area contributed by atoms with Gasteiger partial charge in [-0.3, -0.25) is 14.5 Å². The number of amides is 2. The minimum atomic E-state index is -0.539. The maximum atomic E-state index is 13.6. The first-order valence-electron chi connectivity index (χ1n) is 12.8. The summed E-state index contributed by atoms with van der Waals surface area (Å²) in [5.74, 6) is -0.553. The number of carbonyl (C=O) groups is 3. The summed E-state index contributed by atoms with van der Waals surface area (Å²) in [5.41, 5.74) is 5.60. The third-order valence-electron chi connectivity index (χ3n) is 6.52. The van der Waals surface area contributed by atoms with E-state index in [1.54, 1.807) is 49.1 Å². The van der Waals surface area contributed by atoms with Crippen LogP contribution in [0.4, 0.5) is 5.69 Å². The predicted molar refractivity (Wildman–Crippen MR) is 151 cm³/mol. The van der Waals surface area contributed by atoms with Crippen molar-refractivity contribution in [2.45, 2.75) is 34.2 Å². The van der Waals surface area contributed by atoms with Gasteiger partial charge in [0.1, 0.15) is 5.75 Å². The van der Waals surface area contributed by atoms with Crippen LogP contribution < -0.4 is 15.0 Å². The Labute approximate surface area is 228 Å². The third kappa shape index (κ3) is 6.44. The molecule has 0 saturated carbocycles. The number of nitrogens with one attached hydrogen (secondary N) is 1. The molecule has 0 atom stereocenters. The zero-order valence-electron chi connectivity index (χ0n) is 22.6. The van der Waals surface area contributed by atoms with Gasteiger partial charge in [-0.1, -0.05) is 48.5 Å². The summed E-state index contributed by atoms with van der Waals surface area (Å²) in [7, 11) is 0. The number of hydrogen-bond acceptors (Lipinski definition) is 5. The summed E-state index contributed by atoms with van der Waals surface area (Å²) in [6.07, 6.45) is 1.68. The van der Waals surface area contributed by atoms with Gasteiger partial charge in [0.05, 0.1) is 17.8 Å². The van der Waals surface area contributed by atoms with E-state index in [9.17, 15) is 14.4 Å². The van der Waals surface area contributed by atoms with Gasteiger partial charge in [-0.15, -0.1) is 0 Å². The second-order valence-electron chi connectivity index (χ2n) is 9.27. The molecule has 7 nitrogen and oxygen atoms in total. The van der Waals surface area contributed by atoms with Gasteiger partial charge in [0.2, 0.25) is 0 Å². The molecular formula is C32H32N2O5. The molecule has 1 heterocycles. The molecule has 0 radical (unpaired) electrons. The second-order valence-corrected chi connectivity index (χ2v) is 9.27. The first-order valence-corrected chi connectivity index (χ1v) is 12.8. The zero-order chi connectivity index (χ0) is 27.9. The summed E-state index contributed by atoms with van der Waals surface area (Å²) in [6, 6.07) is 22.4. The standard InChI is InChI=1S/C32H32N2O5/c1-5-38-32(37)30-23(4)34(26-14-11-21(2)22(3)17-26)31(36)28(30)18-24-12-15-27(16-13-24)39-20-29(35)33-19-25-9-7-6-8-10-25/h6-18H,5,19-20H2,1-4H3,(H,33,35)/b28-18-. The maximum absolute atomic E-state index is 13.6. The van der Waals surface area contributed by atoms with Crippen LogP contribution >= 0.6 is 0 Å². The molecule has 1 aliphatic heterocycles. The molecule has 0 spiro atoms. The van der Waals surface area contributed by atoms with Gasteiger partial charge in [-0.05, 0) is 80.3 Å². The molecule has 0 saturated heterocycles. The molecule has 39 heavy (non-hydrogen) atoms. The molecule has 3 aromatic carbocycles. The van der Waals surface area contributed by atoms with Crippen molar-refractivity contribution < 1.29 is 23.9 Å². The Balaban J connectivity index is 1.50. The molecule has 7 heteroatoms. The lowest BCUT2D eigenvalue weighted by molar-refractivity contribution is -0.138. The first kappa shape index (κ1) is 27.4. The number of hydrogen-bond donors (Lipinski definition) is 1. The number of rotatable bonds is 9. The van der Waals surface area contributed by atoms with Gasteiger partial charge in [0, 0.05) is 17.9 Å². The van der Waals surface area contributed by atoms with Crippen LogP contribution in [0.15, 0.2) is 89.6 Å². The average Bonchev–Trinajstić information content (AvgIpc) is 3.18. The minimum Gasteiger partial charge on any atom is -0.484 e. The monoisotopic (exact) mass is 524 g/mol. The molecule has 3 aromatic rings. The number of anilines is 1. The van der Waals surface area contributed by atoms with Gasteiger partial charge in [0.15, 0.2) is 6.61 Å². The van der Waals surface area contributed by atoms with Crippen molar-refractivity contribution in [3.05, 3.63) is 112 Å². The lowest BCUT2D eigenvalue weighted by atomic mass is 10.0. The van der Waals surface area contributed by atoms with E-state index in [1.165, 1.54) is 0 Å². The van der Waals surface area contributed by atoms with Crippen molar-refractivity contribution in [2.75, 3.05) is 18.1 Å². The fourth-order valence-corrected chi connectivity index (χ4v) is 4.28. The Hall–Kier alpha value is -4.65. The largest absolute Gasteiger partial charge is 0.484 e. The Morgan fingerprint density at radius 2 is 1.64 bits per heavy atom. The molecule has 1 N–H and O–H groups in total. The van der Waals surface area contributed by atoms with Crippen LogP contribution in [0.1, 0.15) is 36.1 Å². The maximum Gasteiger partial charge on any atom is 0.340 e. The van der Waals surface area contributed by atoms with Gasteiger partial charge in [-0.2, -0.15) is 0 Å². The van der Waals surface area contributed by atoms with Crippen molar-refractivity contribution in [3.63, 3.8) is 0 Å². The highest BCUT2D eigenvalue weighted by atomic mass is 16.5. The molecule has 0 bridgehead atoms. The lowest BCUT2D eigenvalue weighted by Gasteiger charge is -2.19. The van der Waals surface area contributed by atoms with Crippen LogP contribution in [-0.4, -0.2) is 31.0 Å². The van der Waals surface area contributed by atoms with Crippen molar-refractivity contribution in [3.8, 4) is 5.75 Å². The molecule has 0 aliphatic carbocycles. The molecular weight excluding hydrogens is 492 g/mol. The first-order chi connectivity index (χ1) is 18.8. The Kier molecular flexibility index (Phi) is 8.61. The fraction of sp³-hybridized carbons (Fsp3) is 0.219. The summed E-state index contributed by atoms with van der Waals surface area (Å²) in [5, 5.41) is 2.82. The molecule has 200 valence electrons. The van der Waals surface area contributed by atoms with E-state index >= 15 is 0 Å². The van der Waals surface area contributed by atoms with Crippen molar-refractivity contribution in [2.24, 2.45) is 0 Å². The smallest absolute Gasteiger partial charge is 0.340 e. The average molecular weight is 525 g/mol. The minimum absolute atomic E-state index is 0.119. The normalized spacial score (nSPS) is 14.1. The SMILES string of the molecule is CCOC(=O)C1=C(C)N(c2ccc(C)c(C)c2)C(=O)/C1=C\c1ccc(OCC(=O)NCc2ccccc2)cc1. The van der Waals surface area contributed by atoms with E-state index in [0.29, 0.717) is 29.2 Å². The second kappa shape index (κ2) is 12.3. The number of aryl methyl sites for hydroxylation is 2. The van der Waals surface area contributed by atoms with Gasteiger partial charge >= 0.3 is 5.97 Å². The van der Waals surface area contributed by atoms with Crippen LogP contribution in [0, 0.1) is 13.8 Å². The van der Waals surface area contributed by atoms with E-state index in [2.05, 4.69) is 5.32 Å². The molecule has 0 aromatic heterocycles. The van der Waals surface area contributed by atoms with E-state index in [4.69, 9.17) is 9.47 Å². The molecule has 2 amide bonds. The van der Waals surface area contributed by atoms with Gasteiger partial charge in [-0.25, -0.2) is 4.79 Å². The highest BCUT2D eigenvalue weighted by Crippen LogP contribution is 2.36. The van der Waals surface area contributed by atoms with Gasteiger partial charge < -0.3 is 14.8 Å². The summed E-state index contributed by atoms with van der Waals surface area (Å²) in [4.78, 5) is 40.2. The number of ether oxygens (including phenoxy) is 2. The quantitative estimate of drug-likeness (QED) is 0.305. The molecule has 4 rings (SSSR count). The van der Waals surface area contributed by atoms with E-state index in [1.807, 2.05) is 62.4 Å². The van der Waals surface area contributed by atoms with E-state index in [0.717, 1.165) is 16.7 Å². The number of benzene rings is 3.